The number of sulfonamides is 1. The van der Waals surface area contributed by atoms with Crippen LogP contribution in [0, 0.1) is 6.92 Å². The molecule has 7 nitrogen and oxygen atoms in total. The van der Waals surface area contributed by atoms with Crippen LogP contribution in [0.2, 0.25) is 0 Å². The number of Topliss-reactive ketones (excluding diaryl/α,β-unsaturated/α-hetero) is 1. The Kier molecular flexibility index (Phi) is 5.31. The molecule has 0 spiro atoms. The van der Waals surface area contributed by atoms with Crippen molar-refractivity contribution in [2.45, 2.75) is 11.8 Å². The van der Waals surface area contributed by atoms with Crippen LogP contribution in [0.4, 0.5) is 0 Å². The Morgan fingerprint density at radius 1 is 0.839 bits per heavy atom. The van der Waals surface area contributed by atoms with Crippen molar-refractivity contribution in [3.63, 3.8) is 0 Å². The highest BCUT2D eigenvalue weighted by Gasteiger charge is 2.27. The molecule has 0 aromatic heterocycles. The van der Waals surface area contributed by atoms with Crippen molar-refractivity contribution < 1.29 is 22.8 Å². The lowest BCUT2D eigenvalue weighted by Crippen LogP contribution is -2.19. The van der Waals surface area contributed by atoms with E-state index in [1.54, 1.807) is 36.4 Å². The van der Waals surface area contributed by atoms with Crippen LogP contribution < -0.4 is 0 Å². The Hall–Kier alpha value is -3.91. The number of carbonyl (C=O) groups excluding carboxylic acids is 2. The minimum Gasteiger partial charge on any atom is -0.352 e. The third-order valence-corrected chi connectivity index (χ3v) is 5.87. The molecule has 0 atom stereocenters. The first-order valence-electron chi connectivity index (χ1n) is 9.26. The number of oxime groups is 1. The average molecular weight is 432 g/mol. The second kappa shape index (κ2) is 8.08. The van der Waals surface area contributed by atoms with Crippen molar-refractivity contribution in [2.75, 3.05) is 0 Å². The predicted molar refractivity (Wildman–Crippen MR) is 116 cm³/mol. The Bertz CT molecular complexity index is 1330. The van der Waals surface area contributed by atoms with Crippen molar-refractivity contribution in [3.05, 3.63) is 101 Å². The molecule has 2 aliphatic rings. The number of carbonyl (C=O) groups is 2. The van der Waals surface area contributed by atoms with Gasteiger partial charge in [0.15, 0.2) is 5.78 Å². The standard InChI is InChI=1S/C23H16N2O5S/c1-15-6-12-18(13-7-15)31(28,29)25-21-14-22(23(27)20-5-3-2-4-19(20)21)30-24-16-8-10-17(26)11-9-16/h2-14H,1H3. The van der Waals surface area contributed by atoms with Crippen LogP contribution in [-0.2, 0) is 19.7 Å². The third-order valence-electron chi connectivity index (χ3n) is 4.56. The summed E-state index contributed by atoms with van der Waals surface area (Å²) in [6.07, 6.45) is 6.77. The summed E-state index contributed by atoms with van der Waals surface area (Å²) < 4.78 is 29.6. The molecule has 31 heavy (non-hydrogen) atoms. The number of aryl methyl sites for hydroxylation is 1. The van der Waals surface area contributed by atoms with Gasteiger partial charge in [0.25, 0.3) is 10.0 Å². The highest BCUT2D eigenvalue weighted by molar-refractivity contribution is 7.90. The summed E-state index contributed by atoms with van der Waals surface area (Å²) in [5.41, 5.74) is 1.95. The summed E-state index contributed by atoms with van der Waals surface area (Å²) in [4.78, 5) is 29.4. The van der Waals surface area contributed by atoms with E-state index >= 15 is 0 Å². The number of nitrogens with zero attached hydrogens (tertiary/aromatic N) is 2. The summed E-state index contributed by atoms with van der Waals surface area (Å²) in [5, 5.41) is 3.86. The van der Waals surface area contributed by atoms with E-state index < -0.39 is 15.8 Å². The number of benzene rings is 2. The molecule has 0 saturated heterocycles. The zero-order valence-corrected chi connectivity index (χ0v) is 17.2. The summed E-state index contributed by atoms with van der Waals surface area (Å²) in [6, 6.07) is 12.9. The fourth-order valence-electron chi connectivity index (χ4n) is 2.95. The first-order valence-corrected chi connectivity index (χ1v) is 10.7. The fraction of sp³-hybridized carbons (Fsp3) is 0.0435. The highest BCUT2D eigenvalue weighted by Crippen LogP contribution is 2.25. The first kappa shape index (κ1) is 20.4. The Morgan fingerprint density at radius 3 is 2.16 bits per heavy atom. The highest BCUT2D eigenvalue weighted by atomic mass is 32.2. The molecular formula is C23H16N2O5S. The van der Waals surface area contributed by atoms with Crippen LogP contribution in [0.15, 0.2) is 99.1 Å². The van der Waals surface area contributed by atoms with Crippen LogP contribution in [0.3, 0.4) is 0 Å². The molecule has 0 aliphatic heterocycles. The van der Waals surface area contributed by atoms with Crippen molar-refractivity contribution in [1.82, 2.24) is 0 Å². The van der Waals surface area contributed by atoms with Crippen LogP contribution in [-0.4, -0.2) is 31.4 Å². The molecule has 2 aromatic rings. The van der Waals surface area contributed by atoms with Crippen molar-refractivity contribution in [2.24, 2.45) is 9.55 Å². The lowest BCUT2D eigenvalue weighted by Gasteiger charge is -2.16. The minimum absolute atomic E-state index is 0.0400. The zero-order chi connectivity index (χ0) is 22.0. The van der Waals surface area contributed by atoms with Crippen molar-refractivity contribution in [1.29, 1.82) is 0 Å². The number of rotatable bonds is 4. The van der Waals surface area contributed by atoms with Crippen molar-refractivity contribution >= 4 is 33.0 Å². The van der Waals surface area contributed by atoms with Gasteiger partial charge < -0.3 is 4.84 Å². The first-order chi connectivity index (χ1) is 14.8. The number of allylic oxidation sites excluding steroid dienone is 6. The molecule has 2 aliphatic carbocycles. The largest absolute Gasteiger partial charge is 0.352 e. The third kappa shape index (κ3) is 4.34. The lowest BCUT2D eigenvalue weighted by molar-refractivity contribution is -0.110. The van der Waals surface area contributed by atoms with Crippen LogP contribution in [0.5, 0.6) is 0 Å². The quantitative estimate of drug-likeness (QED) is 0.545. The molecule has 0 radical (unpaired) electrons. The maximum absolute atomic E-state index is 12.8. The van der Waals surface area contributed by atoms with Gasteiger partial charge >= 0.3 is 0 Å². The molecule has 0 heterocycles. The number of hydrogen-bond donors (Lipinski definition) is 0. The molecule has 8 heteroatoms. The second-order valence-corrected chi connectivity index (χ2v) is 8.43. The van der Waals surface area contributed by atoms with E-state index in [-0.39, 0.29) is 27.7 Å². The molecule has 2 aromatic carbocycles. The molecule has 4 rings (SSSR count). The molecule has 0 unspecified atom stereocenters. The molecule has 0 N–H and O–H groups in total. The van der Waals surface area contributed by atoms with E-state index in [0.717, 1.165) is 5.56 Å². The Labute approximate surface area is 178 Å². The normalized spacial score (nSPS) is 16.9. The van der Waals surface area contributed by atoms with Crippen molar-refractivity contribution in [3.8, 4) is 0 Å². The van der Waals surface area contributed by atoms with E-state index in [1.165, 1.54) is 42.5 Å². The van der Waals surface area contributed by atoms with Gasteiger partial charge in [0, 0.05) is 17.2 Å². The van der Waals surface area contributed by atoms with E-state index in [1.807, 2.05) is 6.92 Å². The molecule has 0 saturated carbocycles. The van der Waals surface area contributed by atoms with Crippen LogP contribution >= 0.6 is 0 Å². The topological polar surface area (TPSA) is 102 Å². The smallest absolute Gasteiger partial charge is 0.282 e. The number of hydrogen-bond acceptors (Lipinski definition) is 6. The average Bonchev–Trinajstić information content (AvgIpc) is 2.76. The van der Waals surface area contributed by atoms with Crippen LogP contribution in [0.1, 0.15) is 21.5 Å². The van der Waals surface area contributed by atoms with Gasteiger partial charge in [0.05, 0.1) is 10.6 Å². The van der Waals surface area contributed by atoms with E-state index in [9.17, 15) is 18.0 Å². The van der Waals surface area contributed by atoms with Gasteiger partial charge in [-0.2, -0.15) is 12.8 Å². The van der Waals surface area contributed by atoms with E-state index in [4.69, 9.17) is 4.84 Å². The summed E-state index contributed by atoms with van der Waals surface area (Å²) in [6.45, 7) is 1.85. The van der Waals surface area contributed by atoms with E-state index in [0.29, 0.717) is 11.3 Å². The Balaban J connectivity index is 1.75. The zero-order valence-electron chi connectivity index (χ0n) is 16.3. The van der Waals surface area contributed by atoms with Crippen LogP contribution in [0.25, 0.3) is 0 Å². The maximum Gasteiger partial charge on any atom is 0.282 e. The minimum atomic E-state index is -4.02. The van der Waals surface area contributed by atoms with Gasteiger partial charge in [0.1, 0.15) is 5.71 Å². The summed E-state index contributed by atoms with van der Waals surface area (Å²) in [7, 11) is -4.02. The van der Waals surface area contributed by atoms with Gasteiger partial charge in [-0.25, -0.2) is 0 Å². The molecule has 0 bridgehead atoms. The maximum atomic E-state index is 12.8. The SMILES string of the molecule is Cc1ccc(S(=O)(=O)N=C2C=C(ON=C3C=CC(=O)C=C3)C(=O)c3ccccc32)cc1. The molecule has 154 valence electrons. The van der Waals surface area contributed by atoms with E-state index in [2.05, 4.69) is 9.55 Å². The summed E-state index contributed by atoms with van der Waals surface area (Å²) >= 11 is 0. The van der Waals surface area contributed by atoms with Gasteiger partial charge in [0.2, 0.25) is 11.5 Å². The number of fused-ring (bicyclic) bond motifs is 1. The second-order valence-electron chi connectivity index (χ2n) is 6.82. The monoisotopic (exact) mass is 432 g/mol. The van der Waals surface area contributed by atoms with Gasteiger partial charge in [-0.1, -0.05) is 47.1 Å². The van der Waals surface area contributed by atoms with Gasteiger partial charge in [-0.3, -0.25) is 9.59 Å². The molecular weight excluding hydrogens is 416 g/mol. The Morgan fingerprint density at radius 2 is 1.48 bits per heavy atom. The molecule has 0 fully saturated rings. The number of ketones is 2. The summed E-state index contributed by atoms with van der Waals surface area (Å²) in [5.74, 6) is -0.814. The predicted octanol–water partition coefficient (Wildman–Crippen LogP) is 3.32. The van der Waals surface area contributed by atoms with Gasteiger partial charge in [-0.05, 0) is 43.4 Å². The lowest BCUT2D eigenvalue weighted by atomic mass is 9.93. The fourth-order valence-corrected chi connectivity index (χ4v) is 3.94. The van der Waals surface area contributed by atoms with Gasteiger partial charge in [-0.15, -0.1) is 0 Å². The molecule has 0 amide bonds.